The number of rotatable bonds is 3. The summed E-state index contributed by atoms with van der Waals surface area (Å²) in [4.78, 5) is 27.0. The molecule has 0 spiro atoms. The molecule has 2 N–H and O–H groups in total. The lowest BCUT2D eigenvalue weighted by molar-refractivity contribution is 0.102. The maximum atomic E-state index is 12.7. The molecular weight excluding hydrogens is 418 g/mol. The fourth-order valence-corrected chi connectivity index (χ4v) is 3.94. The Bertz CT molecular complexity index is 941. The average molecular weight is 444 g/mol. The summed E-state index contributed by atoms with van der Waals surface area (Å²) >= 11 is 6.28. The summed E-state index contributed by atoms with van der Waals surface area (Å²) in [6.07, 6.45) is 5.19. The number of hydrogen-bond donors (Lipinski definition) is 2. The minimum atomic E-state index is -0.307. The van der Waals surface area contributed by atoms with Gasteiger partial charge >= 0.3 is 6.03 Å². The number of anilines is 2. The molecule has 2 aromatic carbocycles. The van der Waals surface area contributed by atoms with Crippen molar-refractivity contribution < 1.29 is 19.1 Å². The summed E-state index contributed by atoms with van der Waals surface area (Å²) in [7, 11) is 0. The number of benzene rings is 2. The summed E-state index contributed by atoms with van der Waals surface area (Å²) in [5.74, 6) is 0.640. The van der Waals surface area contributed by atoms with E-state index in [1.165, 1.54) is 12.8 Å². The van der Waals surface area contributed by atoms with Gasteiger partial charge in [0.25, 0.3) is 5.91 Å². The molecule has 1 saturated heterocycles. The molecule has 0 unspecified atom stereocenters. The van der Waals surface area contributed by atoms with E-state index in [0.29, 0.717) is 46.7 Å². The van der Waals surface area contributed by atoms with Crippen molar-refractivity contribution >= 4 is 34.9 Å². The van der Waals surface area contributed by atoms with Crippen molar-refractivity contribution in [3.05, 3.63) is 47.0 Å². The maximum absolute atomic E-state index is 12.7. The number of hydrogen-bond acceptors (Lipinski definition) is 4. The van der Waals surface area contributed by atoms with Crippen LogP contribution in [0.25, 0.3) is 0 Å². The molecule has 2 aliphatic rings. The lowest BCUT2D eigenvalue weighted by atomic mass is 10.1. The lowest BCUT2D eigenvalue weighted by Gasteiger charge is -2.20. The molecule has 0 aliphatic carbocycles. The van der Waals surface area contributed by atoms with Gasteiger partial charge in [-0.05, 0) is 49.2 Å². The Morgan fingerprint density at radius 2 is 1.48 bits per heavy atom. The summed E-state index contributed by atoms with van der Waals surface area (Å²) in [6, 6.07) is 10.2. The van der Waals surface area contributed by atoms with E-state index < -0.39 is 0 Å². The maximum Gasteiger partial charge on any atom is 0.321 e. The molecular formula is C23H26ClN3O4. The van der Waals surface area contributed by atoms with Crippen LogP contribution < -0.4 is 20.1 Å². The molecule has 2 aliphatic heterocycles. The minimum absolute atomic E-state index is 0.0828. The van der Waals surface area contributed by atoms with Crippen LogP contribution in [0, 0.1) is 0 Å². The first-order valence-electron chi connectivity index (χ1n) is 10.7. The Hall–Kier alpha value is -2.93. The molecule has 2 heterocycles. The first-order valence-corrected chi connectivity index (χ1v) is 11.0. The molecule has 0 bridgehead atoms. The number of carbonyl (C=O) groups is 2. The molecule has 4 rings (SSSR count). The van der Waals surface area contributed by atoms with E-state index in [1.807, 2.05) is 4.90 Å². The Morgan fingerprint density at radius 3 is 2.19 bits per heavy atom. The van der Waals surface area contributed by atoms with Gasteiger partial charge in [0.1, 0.15) is 0 Å². The van der Waals surface area contributed by atoms with E-state index in [-0.39, 0.29) is 11.9 Å². The second-order valence-corrected chi connectivity index (χ2v) is 8.11. The molecule has 164 valence electrons. The van der Waals surface area contributed by atoms with Gasteiger partial charge in [-0.1, -0.05) is 24.4 Å². The van der Waals surface area contributed by atoms with Gasteiger partial charge in [0.2, 0.25) is 0 Å². The van der Waals surface area contributed by atoms with Gasteiger partial charge in [0.15, 0.2) is 11.5 Å². The van der Waals surface area contributed by atoms with Gasteiger partial charge in [-0.15, -0.1) is 0 Å². The molecule has 1 fully saturated rings. The molecule has 31 heavy (non-hydrogen) atoms. The molecule has 7 nitrogen and oxygen atoms in total. The van der Waals surface area contributed by atoms with Crippen LogP contribution in [0.5, 0.6) is 11.5 Å². The van der Waals surface area contributed by atoms with Crippen LogP contribution in [0.1, 0.15) is 42.5 Å². The third-order valence-corrected chi connectivity index (χ3v) is 5.63. The van der Waals surface area contributed by atoms with Crippen molar-refractivity contribution in [2.45, 2.75) is 32.1 Å². The van der Waals surface area contributed by atoms with Crippen LogP contribution in [-0.2, 0) is 0 Å². The number of likely N-dealkylation sites (tertiary alicyclic amines) is 1. The smallest absolute Gasteiger partial charge is 0.321 e. The molecule has 0 saturated carbocycles. The zero-order chi connectivity index (χ0) is 21.6. The van der Waals surface area contributed by atoms with Crippen LogP contribution in [-0.4, -0.2) is 43.1 Å². The second kappa shape index (κ2) is 9.92. The van der Waals surface area contributed by atoms with E-state index >= 15 is 0 Å². The van der Waals surface area contributed by atoms with Crippen molar-refractivity contribution in [1.29, 1.82) is 0 Å². The summed E-state index contributed by atoms with van der Waals surface area (Å²) < 4.78 is 11.2. The number of halogens is 1. The first-order chi connectivity index (χ1) is 15.1. The predicted octanol–water partition coefficient (Wildman–Crippen LogP) is 5.16. The molecule has 2 aromatic rings. The number of urea groups is 1. The highest BCUT2D eigenvalue weighted by atomic mass is 35.5. The number of amides is 3. The molecule has 0 radical (unpaired) electrons. The van der Waals surface area contributed by atoms with E-state index in [0.717, 1.165) is 32.4 Å². The van der Waals surface area contributed by atoms with E-state index in [2.05, 4.69) is 10.6 Å². The number of ether oxygens (including phenoxy) is 2. The van der Waals surface area contributed by atoms with Crippen LogP contribution in [0.2, 0.25) is 5.02 Å². The summed E-state index contributed by atoms with van der Waals surface area (Å²) in [5, 5.41) is 6.11. The third kappa shape index (κ3) is 5.41. The largest absolute Gasteiger partial charge is 0.489 e. The van der Waals surface area contributed by atoms with Crippen LogP contribution in [0.3, 0.4) is 0 Å². The number of nitrogens with zero attached hydrogens (tertiary/aromatic N) is 1. The predicted molar refractivity (Wildman–Crippen MR) is 121 cm³/mol. The number of fused-ring (bicyclic) bond motifs is 1. The van der Waals surface area contributed by atoms with E-state index in [4.69, 9.17) is 21.1 Å². The van der Waals surface area contributed by atoms with Gasteiger partial charge in [-0.3, -0.25) is 4.79 Å². The summed E-state index contributed by atoms with van der Waals surface area (Å²) in [6.45, 7) is 2.62. The van der Waals surface area contributed by atoms with Crippen LogP contribution in [0.15, 0.2) is 36.4 Å². The lowest BCUT2D eigenvalue weighted by Crippen LogP contribution is -2.35. The summed E-state index contributed by atoms with van der Waals surface area (Å²) in [5.41, 5.74) is 1.68. The van der Waals surface area contributed by atoms with Crippen LogP contribution >= 0.6 is 11.6 Å². The fraction of sp³-hybridized carbons (Fsp3) is 0.391. The van der Waals surface area contributed by atoms with Crippen molar-refractivity contribution in [2.24, 2.45) is 0 Å². The standard InChI is InChI=1S/C23H26ClN3O4/c24-19-14-16(15-20-21(19)31-13-5-12-30-20)22(28)25-17-6-8-18(9-7-17)26-23(29)27-10-3-1-2-4-11-27/h6-9,14-15H,1-5,10-13H2,(H,25,28)(H,26,29). The number of carbonyl (C=O) groups excluding carboxylic acids is 2. The highest BCUT2D eigenvalue weighted by Gasteiger charge is 2.19. The number of nitrogens with one attached hydrogen (secondary N) is 2. The highest BCUT2D eigenvalue weighted by molar-refractivity contribution is 6.32. The Kier molecular flexibility index (Phi) is 6.82. The third-order valence-electron chi connectivity index (χ3n) is 5.35. The highest BCUT2D eigenvalue weighted by Crippen LogP contribution is 2.38. The monoisotopic (exact) mass is 443 g/mol. The van der Waals surface area contributed by atoms with Crippen LogP contribution in [0.4, 0.5) is 16.2 Å². The van der Waals surface area contributed by atoms with E-state index in [9.17, 15) is 9.59 Å². The molecule has 8 heteroatoms. The van der Waals surface area contributed by atoms with E-state index in [1.54, 1.807) is 36.4 Å². The normalized spacial score (nSPS) is 16.1. The van der Waals surface area contributed by atoms with Crippen molar-refractivity contribution in [1.82, 2.24) is 4.90 Å². The van der Waals surface area contributed by atoms with Gasteiger partial charge in [-0.25, -0.2) is 4.79 Å². The zero-order valence-corrected chi connectivity index (χ0v) is 18.0. The van der Waals surface area contributed by atoms with Crippen molar-refractivity contribution in [2.75, 3.05) is 36.9 Å². The molecule has 0 aromatic heterocycles. The first kappa shape index (κ1) is 21.3. The fourth-order valence-electron chi connectivity index (χ4n) is 3.68. The second-order valence-electron chi connectivity index (χ2n) is 7.70. The molecule has 3 amide bonds. The van der Waals surface area contributed by atoms with Crippen molar-refractivity contribution in [3.8, 4) is 11.5 Å². The topological polar surface area (TPSA) is 79.9 Å². The zero-order valence-electron chi connectivity index (χ0n) is 17.3. The Balaban J connectivity index is 1.38. The minimum Gasteiger partial charge on any atom is -0.489 e. The van der Waals surface area contributed by atoms with Gasteiger partial charge < -0.3 is 25.0 Å². The SMILES string of the molecule is O=C(Nc1ccc(NC(=O)N2CCCCCC2)cc1)c1cc(Cl)c2c(c1)OCCCO2. The Labute approximate surface area is 186 Å². The Morgan fingerprint density at radius 1 is 0.839 bits per heavy atom. The van der Waals surface area contributed by atoms with Gasteiger partial charge in [0, 0.05) is 36.4 Å². The van der Waals surface area contributed by atoms with Gasteiger partial charge in [0.05, 0.1) is 18.2 Å². The quantitative estimate of drug-likeness (QED) is 0.686. The molecule has 0 atom stereocenters. The van der Waals surface area contributed by atoms with Gasteiger partial charge in [-0.2, -0.15) is 0 Å². The average Bonchev–Trinajstić information content (AvgIpc) is 3.18. The van der Waals surface area contributed by atoms with Crippen molar-refractivity contribution in [3.63, 3.8) is 0 Å².